The van der Waals surface area contributed by atoms with Gasteiger partial charge in [0.15, 0.2) is 0 Å². The Bertz CT molecular complexity index is 197. The van der Waals surface area contributed by atoms with Gasteiger partial charge in [0, 0.05) is 6.20 Å². The Labute approximate surface area is 59.9 Å². The van der Waals surface area contributed by atoms with Gasteiger partial charge in [-0.3, -0.25) is 0 Å². The predicted molar refractivity (Wildman–Crippen MR) is 38.4 cm³/mol. The second-order valence-electron chi connectivity index (χ2n) is 1.76. The first-order valence-corrected chi connectivity index (χ1v) is 2.84. The maximum absolute atomic E-state index is 8.55. The van der Waals surface area contributed by atoms with Crippen LogP contribution >= 0.6 is 0 Å². The molecular weight excluding hydrogens is 129 g/mol. The number of hydrogen-bond acceptors (Lipinski definition) is 3. The van der Waals surface area contributed by atoms with Crippen molar-refractivity contribution in [2.45, 2.75) is 0 Å². The molecule has 0 saturated heterocycles. The maximum atomic E-state index is 8.55. The van der Waals surface area contributed by atoms with Gasteiger partial charge >= 0.3 is 7.48 Å². The maximum Gasteiger partial charge on any atom is 0.326 e. The second-order valence-corrected chi connectivity index (χ2v) is 1.76. The van der Waals surface area contributed by atoms with Gasteiger partial charge in [-0.2, -0.15) is 0 Å². The van der Waals surface area contributed by atoms with Crippen LogP contribution in [0.3, 0.4) is 0 Å². The van der Waals surface area contributed by atoms with Gasteiger partial charge in [-0.15, -0.1) is 0 Å². The van der Waals surface area contributed by atoms with Crippen molar-refractivity contribution in [3.8, 4) is 5.88 Å². The summed E-state index contributed by atoms with van der Waals surface area (Å²) in [5, 5.41) is 8.55. The summed E-state index contributed by atoms with van der Waals surface area (Å²) in [6.45, 7) is 0. The normalized spacial score (nSPS) is 9.00. The summed E-state index contributed by atoms with van der Waals surface area (Å²) in [7, 11) is 2.54. The minimum atomic E-state index is 0.503. The fourth-order valence-electron chi connectivity index (χ4n) is 0.617. The van der Waals surface area contributed by atoms with Crippen molar-refractivity contribution in [2.24, 2.45) is 0 Å². The van der Waals surface area contributed by atoms with Crippen molar-refractivity contribution < 1.29 is 9.76 Å². The van der Waals surface area contributed by atoms with Gasteiger partial charge < -0.3 is 9.76 Å². The molecule has 1 heterocycles. The smallest absolute Gasteiger partial charge is 0.326 e. The molecule has 0 bridgehead atoms. The second kappa shape index (κ2) is 3.22. The monoisotopic (exact) mass is 136 g/mol. The molecule has 1 N–H and O–H groups in total. The molecule has 1 aromatic heterocycles. The van der Waals surface area contributed by atoms with Crippen LogP contribution in [0.25, 0.3) is 0 Å². The van der Waals surface area contributed by atoms with E-state index in [1.165, 1.54) is 7.11 Å². The highest BCUT2D eigenvalue weighted by Gasteiger charge is 1.95. The Balaban J connectivity index is 2.87. The third kappa shape index (κ3) is 1.48. The van der Waals surface area contributed by atoms with Crippen LogP contribution in [0.15, 0.2) is 18.3 Å². The SMILES string of the molecule is COc1cc([B]O)ccn1. The van der Waals surface area contributed by atoms with Crippen LogP contribution in [0.5, 0.6) is 5.88 Å². The topological polar surface area (TPSA) is 42.4 Å². The number of pyridine rings is 1. The standard InChI is InChI=1S/C6H7BNO2/c1-10-6-4-5(7-9)2-3-8-6/h2-4,9H,1H3. The van der Waals surface area contributed by atoms with E-state index in [1.54, 1.807) is 18.3 Å². The van der Waals surface area contributed by atoms with Gasteiger partial charge in [0.25, 0.3) is 0 Å². The van der Waals surface area contributed by atoms with Crippen LogP contribution in [0.4, 0.5) is 0 Å². The van der Waals surface area contributed by atoms with Gasteiger partial charge in [-0.05, 0) is 17.6 Å². The molecule has 4 heteroatoms. The van der Waals surface area contributed by atoms with Crippen molar-refractivity contribution in [1.82, 2.24) is 4.98 Å². The lowest BCUT2D eigenvalue weighted by Gasteiger charge is -1.97. The summed E-state index contributed by atoms with van der Waals surface area (Å²) in [5.41, 5.74) is 0.687. The molecule has 10 heavy (non-hydrogen) atoms. The molecule has 3 nitrogen and oxygen atoms in total. The summed E-state index contributed by atoms with van der Waals surface area (Å²) in [5.74, 6) is 0.503. The van der Waals surface area contributed by atoms with Crippen molar-refractivity contribution in [1.29, 1.82) is 0 Å². The van der Waals surface area contributed by atoms with Crippen molar-refractivity contribution in [3.63, 3.8) is 0 Å². The van der Waals surface area contributed by atoms with E-state index in [4.69, 9.17) is 9.76 Å². The molecule has 1 rings (SSSR count). The van der Waals surface area contributed by atoms with Crippen LogP contribution in [0.2, 0.25) is 0 Å². The molecule has 0 aliphatic carbocycles. The number of aromatic nitrogens is 1. The number of nitrogens with zero attached hydrogens (tertiary/aromatic N) is 1. The fourth-order valence-corrected chi connectivity index (χ4v) is 0.617. The highest BCUT2D eigenvalue weighted by molar-refractivity contribution is 6.45. The lowest BCUT2D eigenvalue weighted by atomic mass is 9.90. The van der Waals surface area contributed by atoms with E-state index < -0.39 is 0 Å². The van der Waals surface area contributed by atoms with E-state index in [2.05, 4.69) is 4.98 Å². The molecule has 0 atom stereocenters. The highest BCUT2D eigenvalue weighted by Crippen LogP contribution is 1.98. The molecule has 0 amide bonds. The average molecular weight is 136 g/mol. The summed E-state index contributed by atoms with van der Waals surface area (Å²) in [6, 6.07) is 3.32. The first kappa shape index (κ1) is 7.09. The molecule has 0 unspecified atom stereocenters. The van der Waals surface area contributed by atoms with Crippen LogP contribution < -0.4 is 10.2 Å². The third-order valence-corrected chi connectivity index (χ3v) is 1.12. The van der Waals surface area contributed by atoms with Crippen LogP contribution in [0.1, 0.15) is 0 Å². The molecule has 0 fully saturated rings. The third-order valence-electron chi connectivity index (χ3n) is 1.12. The van der Waals surface area contributed by atoms with E-state index in [-0.39, 0.29) is 0 Å². The highest BCUT2D eigenvalue weighted by atomic mass is 16.5. The minimum absolute atomic E-state index is 0.503. The van der Waals surface area contributed by atoms with Gasteiger partial charge in [0.1, 0.15) is 0 Å². The number of hydrogen-bond donors (Lipinski definition) is 1. The Kier molecular flexibility index (Phi) is 2.28. The van der Waals surface area contributed by atoms with Crippen LogP contribution in [-0.4, -0.2) is 24.6 Å². The van der Waals surface area contributed by atoms with Gasteiger partial charge in [-0.25, -0.2) is 4.98 Å². The molecule has 0 aliphatic rings. The molecule has 1 radical (unpaired) electrons. The zero-order valence-electron chi connectivity index (χ0n) is 5.61. The Morgan fingerprint density at radius 3 is 3.10 bits per heavy atom. The van der Waals surface area contributed by atoms with Crippen LogP contribution in [-0.2, 0) is 0 Å². The number of ether oxygens (including phenoxy) is 1. The molecule has 1 aromatic rings. The molecular formula is C6H7BNO2. The number of methoxy groups -OCH3 is 1. The van der Waals surface area contributed by atoms with E-state index >= 15 is 0 Å². The largest absolute Gasteiger partial charge is 0.481 e. The first-order chi connectivity index (χ1) is 4.86. The van der Waals surface area contributed by atoms with Crippen molar-refractivity contribution >= 4 is 12.9 Å². The first-order valence-electron chi connectivity index (χ1n) is 2.84. The minimum Gasteiger partial charge on any atom is -0.481 e. The molecule has 0 spiro atoms. The average Bonchev–Trinajstić information content (AvgIpc) is 2.05. The summed E-state index contributed by atoms with van der Waals surface area (Å²) >= 11 is 0. The Morgan fingerprint density at radius 1 is 1.70 bits per heavy atom. The molecule has 0 aromatic carbocycles. The quantitative estimate of drug-likeness (QED) is 0.548. The molecule has 51 valence electrons. The summed E-state index contributed by atoms with van der Waals surface area (Å²) in [6.07, 6.45) is 1.57. The van der Waals surface area contributed by atoms with E-state index in [1.807, 2.05) is 0 Å². The summed E-state index contributed by atoms with van der Waals surface area (Å²) < 4.78 is 4.81. The van der Waals surface area contributed by atoms with Gasteiger partial charge in [0.05, 0.1) is 7.11 Å². The molecule has 0 aliphatic heterocycles. The van der Waals surface area contributed by atoms with E-state index in [0.29, 0.717) is 11.3 Å². The van der Waals surface area contributed by atoms with Gasteiger partial charge in [-0.1, -0.05) is 0 Å². The Morgan fingerprint density at radius 2 is 2.50 bits per heavy atom. The fraction of sp³-hybridized carbons (Fsp3) is 0.167. The Hall–Kier alpha value is -1.03. The van der Waals surface area contributed by atoms with Crippen LogP contribution in [0, 0.1) is 0 Å². The van der Waals surface area contributed by atoms with E-state index in [9.17, 15) is 0 Å². The zero-order valence-corrected chi connectivity index (χ0v) is 5.61. The molecule has 0 saturated carbocycles. The van der Waals surface area contributed by atoms with E-state index in [0.717, 1.165) is 7.48 Å². The van der Waals surface area contributed by atoms with Crippen molar-refractivity contribution in [3.05, 3.63) is 18.3 Å². The zero-order chi connectivity index (χ0) is 7.40. The lowest BCUT2D eigenvalue weighted by molar-refractivity contribution is 0.398. The predicted octanol–water partition coefficient (Wildman–Crippen LogP) is -0.673. The summed E-state index contributed by atoms with van der Waals surface area (Å²) in [4.78, 5) is 3.85. The lowest BCUT2D eigenvalue weighted by Crippen LogP contribution is -2.13. The van der Waals surface area contributed by atoms with Gasteiger partial charge in [0.2, 0.25) is 5.88 Å². The van der Waals surface area contributed by atoms with Crippen molar-refractivity contribution in [2.75, 3.05) is 7.11 Å². The number of rotatable bonds is 2.